The summed E-state index contributed by atoms with van der Waals surface area (Å²) in [7, 11) is 0. The van der Waals surface area contributed by atoms with Crippen LogP contribution in [-0.2, 0) is 14.3 Å². The summed E-state index contributed by atoms with van der Waals surface area (Å²) in [5, 5.41) is 14.7. The third-order valence-corrected chi connectivity index (χ3v) is 5.93. The Hall–Kier alpha value is -3.35. The van der Waals surface area contributed by atoms with Gasteiger partial charge in [-0.3, -0.25) is 4.79 Å². The van der Waals surface area contributed by atoms with Gasteiger partial charge in [-0.2, -0.15) is 0 Å². The molecule has 0 heterocycles. The topological polar surface area (TPSA) is 105 Å². The molecular formula is C26H32N2O5. The van der Waals surface area contributed by atoms with Crippen LogP contribution in [0.2, 0.25) is 0 Å². The first kappa shape index (κ1) is 24.3. The number of alkyl carbamates (subject to hydrolysis) is 1. The largest absolute Gasteiger partial charge is 0.480 e. The highest BCUT2D eigenvalue weighted by Crippen LogP contribution is 2.44. The van der Waals surface area contributed by atoms with Crippen molar-refractivity contribution in [3.63, 3.8) is 0 Å². The van der Waals surface area contributed by atoms with Gasteiger partial charge in [-0.1, -0.05) is 82.6 Å². The Kier molecular flexibility index (Phi) is 7.41. The zero-order valence-corrected chi connectivity index (χ0v) is 19.6. The summed E-state index contributed by atoms with van der Waals surface area (Å²) < 4.78 is 5.54. The Labute approximate surface area is 194 Å². The molecule has 176 valence electrons. The molecule has 7 nitrogen and oxygen atoms in total. The second-order valence-corrected chi connectivity index (χ2v) is 9.46. The maximum absolute atomic E-state index is 12.8. The standard InChI is InChI=1S/C26H32N2O5/c1-5-10-21(23(29)28-22(24(30)31)26(2,3)4)27-25(32)33-15-20-18-13-8-6-11-16(18)17-12-7-9-14-19(17)20/h6-9,11-14,20-22H,5,10,15H2,1-4H3,(H,27,32)(H,28,29)(H,30,31)/t21?,22-/m0/s1. The van der Waals surface area contributed by atoms with Crippen LogP contribution in [0.1, 0.15) is 57.6 Å². The van der Waals surface area contributed by atoms with Crippen molar-refractivity contribution in [3.8, 4) is 11.1 Å². The molecular weight excluding hydrogens is 420 g/mol. The van der Waals surface area contributed by atoms with Gasteiger partial charge in [0.15, 0.2) is 0 Å². The van der Waals surface area contributed by atoms with Crippen molar-refractivity contribution in [3.05, 3.63) is 59.7 Å². The molecule has 0 spiro atoms. The third-order valence-electron chi connectivity index (χ3n) is 5.93. The lowest BCUT2D eigenvalue weighted by molar-refractivity contribution is -0.145. The highest BCUT2D eigenvalue weighted by atomic mass is 16.5. The molecule has 2 aromatic rings. The van der Waals surface area contributed by atoms with Gasteiger partial charge in [0.25, 0.3) is 0 Å². The zero-order chi connectivity index (χ0) is 24.2. The quantitative estimate of drug-likeness (QED) is 0.554. The van der Waals surface area contributed by atoms with E-state index in [9.17, 15) is 19.5 Å². The third kappa shape index (κ3) is 5.53. The zero-order valence-electron chi connectivity index (χ0n) is 19.6. The molecule has 3 N–H and O–H groups in total. The van der Waals surface area contributed by atoms with Gasteiger partial charge in [-0.05, 0) is 34.1 Å². The van der Waals surface area contributed by atoms with Crippen LogP contribution in [0.3, 0.4) is 0 Å². The van der Waals surface area contributed by atoms with Crippen LogP contribution in [0, 0.1) is 5.41 Å². The smallest absolute Gasteiger partial charge is 0.407 e. The van der Waals surface area contributed by atoms with Crippen molar-refractivity contribution in [1.82, 2.24) is 10.6 Å². The molecule has 7 heteroatoms. The van der Waals surface area contributed by atoms with Crippen LogP contribution in [0.4, 0.5) is 4.79 Å². The summed E-state index contributed by atoms with van der Waals surface area (Å²) in [5.41, 5.74) is 3.79. The number of hydrogen-bond acceptors (Lipinski definition) is 4. The van der Waals surface area contributed by atoms with E-state index in [1.807, 2.05) is 43.3 Å². The van der Waals surface area contributed by atoms with Crippen molar-refractivity contribution in [1.29, 1.82) is 0 Å². The minimum atomic E-state index is -1.12. The number of aliphatic carboxylic acids is 1. The summed E-state index contributed by atoms with van der Waals surface area (Å²) in [6.07, 6.45) is 0.301. The van der Waals surface area contributed by atoms with E-state index in [4.69, 9.17) is 4.74 Å². The van der Waals surface area contributed by atoms with Gasteiger partial charge in [0.2, 0.25) is 5.91 Å². The fourth-order valence-electron chi connectivity index (χ4n) is 4.23. The molecule has 2 atom stereocenters. The van der Waals surface area contributed by atoms with E-state index in [1.54, 1.807) is 20.8 Å². The van der Waals surface area contributed by atoms with E-state index >= 15 is 0 Å². The number of nitrogens with one attached hydrogen (secondary N) is 2. The maximum Gasteiger partial charge on any atom is 0.407 e. The Bertz CT molecular complexity index is 982. The second kappa shape index (κ2) is 10.1. The van der Waals surface area contributed by atoms with Crippen LogP contribution < -0.4 is 10.6 Å². The number of amides is 2. The number of carboxylic acid groups (broad SMARTS) is 1. The summed E-state index contributed by atoms with van der Waals surface area (Å²) in [6, 6.07) is 14.1. The predicted octanol–water partition coefficient (Wildman–Crippen LogP) is 4.31. The van der Waals surface area contributed by atoms with E-state index in [0.717, 1.165) is 22.3 Å². The summed E-state index contributed by atoms with van der Waals surface area (Å²) >= 11 is 0. The normalized spacial score (nSPS) is 14.5. The average Bonchev–Trinajstić information content (AvgIpc) is 3.08. The highest BCUT2D eigenvalue weighted by Gasteiger charge is 2.35. The van der Waals surface area contributed by atoms with Crippen LogP contribution in [0.25, 0.3) is 11.1 Å². The van der Waals surface area contributed by atoms with Crippen LogP contribution in [0.5, 0.6) is 0 Å². The highest BCUT2D eigenvalue weighted by molar-refractivity contribution is 5.89. The Morgan fingerprint density at radius 2 is 1.52 bits per heavy atom. The Morgan fingerprint density at radius 3 is 2.00 bits per heavy atom. The number of carbonyl (C=O) groups is 3. The first-order chi connectivity index (χ1) is 15.6. The molecule has 33 heavy (non-hydrogen) atoms. The molecule has 1 aliphatic carbocycles. The Morgan fingerprint density at radius 1 is 0.970 bits per heavy atom. The lowest BCUT2D eigenvalue weighted by atomic mass is 9.86. The molecule has 0 radical (unpaired) electrons. The molecule has 1 aliphatic rings. The van der Waals surface area contributed by atoms with Crippen LogP contribution in [0.15, 0.2) is 48.5 Å². The molecule has 0 fully saturated rings. The van der Waals surface area contributed by atoms with Gasteiger partial charge in [0.1, 0.15) is 18.7 Å². The summed E-state index contributed by atoms with van der Waals surface area (Å²) in [5.74, 6) is -1.74. The fourth-order valence-corrected chi connectivity index (χ4v) is 4.23. The fraction of sp³-hybridized carbons (Fsp3) is 0.423. The van der Waals surface area contributed by atoms with E-state index in [-0.39, 0.29) is 12.5 Å². The van der Waals surface area contributed by atoms with Crippen LogP contribution >= 0.6 is 0 Å². The van der Waals surface area contributed by atoms with Crippen molar-refractivity contribution in [2.45, 2.75) is 58.5 Å². The SMILES string of the molecule is CCCC(NC(=O)OCC1c2ccccc2-c2ccccc21)C(=O)N[C@@H](C(=O)O)C(C)(C)C. The first-order valence-corrected chi connectivity index (χ1v) is 11.3. The molecule has 0 saturated heterocycles. The van der Waals surface area contributed by atoms with Gasteiger partial charge < -0.3 is 20.5 Å². The lowest BCUT2D eigenvalue weighted by Crippen LogP contribution is -2.55. The van der Waals surface area contributed by atoms with Crippen LogP contribution in [-0.4, -0.2) is 41.8 Å². The van der Waals surface area contributed by atoms with E-state index < -0.39 is 35.5 Å². The summed E-state index contributed by atoms with van der Waals surface area (Å²) in [6.45, 7) is 7.23. The minimum absolute atomic E-state index is 0.0844. The maximum atomic E-state index is 12.8. The molecule has 0 aromatic heterocycles. The van der Waals surface area contributed by atoms with Crippen molar-refractivity contribution < 1.29 is 24.2 Å². The molecule has 3 rings (SSSR count). The first-order valence-electron chi connectivity index (χ1n) is 11.3. The number of fused-ring (bicyclic) bond motifs is 3. The average molecular weight is 453 g/mol. The summed E-state index contributed by atoms with van der Waals surface area (Å²) in [4.78, 5) is 37.0. The number of benzene rings is 2. The van der Waals surface area contributed by atoms with E-state index in [0.29, 0.717) is 12.8 Å². The number of rotatable bonds is 8. The number of carbonyl (C=O) groups excluding carboxylic acids is 2. The van der Waals surface area contributed by atoms with Crippen molar-refractivity contribution >= 4 is 18.0 Å². The van der Waals surface area contributed by atoms with Crippen molar-refractivity contribution in [2.24, 2.45) is 5.41 Å². The molecule has 1 unspecified atom stereocenters. The van der Waals surface area contributed by atoms with Gasteiger partial charge in [-0.15, -0.1) is 0 Å². The molecule has 0 bridgehead atoms. The Balaban J connectivity index is 1.66. The molecule has 2 aromatic carbocycles. The van der Waals surface area contributed by atoms with Crippen molar-refractivity contribution in [2.75, 3.05) is 6.61 Å². The molecule has 2 amide bonds. The number of ether oxygens (including phenoxy) is 1. The second-order valence-electron chi connectivity index (χ2n) is 9.46. The molecule has 0 aliphatic heterocycles. The lowest BCUT2D eigenvalue weighted by Gasteiger charge is -2.29. The van der Waals surface area contributed by atoms with Gasteiger partial charge in [-0.25, -0.2) is 9.59 Å². The monoisotopic (exact) mass is 452 g/mol. The number of hydrogen-bond donors (Lipinski definition) is 3. The minimum Gasteiger partial charge on any atom is -0.480 e. The molecule has 0 saturated carbocycles. The van der Waals surface area contributed by atoms with E-state index in [1.165, 1.54) is 0 Å². The van der Waals surface area contributed by atoms with Gasteiger partial charge >= 0.3 is 12.1 Å². The predicted molar refractivity (Wildman–Crippen MR) is 126 cm³/mol. The van der Waals surface area contributed by atoms with Gasteiger partial charge in [0, 0.05) is 5.92 Å². The van der Waals surface area contributed by atoms with Gasteiger partial charge in [0.05, 0.1) is 0 Å². The van der Waals surface area contributed by atoms with E-state index in [2.05, 4.69) is 22.8 Å². The number of carboxylic acids is 1.